The molecule has 1 spiro atoms. The fourth-order valence-electron chi connectivity index (χ4n) is 4.08. The summed E-state index contributed by atoms with van der Waals surface area (Å²) in [7, 11) is 1.68. The molecule has 0 radical (unpaired) electrons. The van der Waals surface area contributed by atoms with E-state index in [1.54, 1.807) is 31.3 Å². The molecule has 1 saturated carbocycles. The van der Waals surface area contributed by atoms with Gasteiger partial charge in [-0.1, -0.05) is 31.0 Å². The van der Waals surface area contributed by atoms with Gasteiger partial charge in [0.2, 0.25) is 5.91 Å². The minimum Gasteiger partial charge on any atom is -0.457 e. The summed E-state index contributed by atoms with van der Waals surface area (Å²) in [6.07, 6.45) is 3.31. The van der Waals surface area contributed by atoms with Crippen LogP contribution in [0.5, 0.6) is 11.5 Å². The molecular weight excluding hydrogens is 382 g/mol. The number of nitrogens with zero attached hydrogens (tertiary/aromatic N) is 2. The number of anilines is 1. The van der Waals surface area contributed by atoms with E-state index in [1.807, 2.05) is 30.3 Å². The minimum atomic E-state index is -0.735. The molecule has 1 aliphatic carbocycles. The normalized spacial score (nSPS) is 17.3. The summed E-state index contributed by atoms with van der Waals surface area (Å²) >= 11 is 0. The Morgan fingerprint density at radius 3 is 2.33 bits per heavy atom. The summed E-state index contributed by atoms with van der Waals surface area (Å²) < 4.78 is 5.77. The molecule has 0 unspecified atom stereocenters. The molecule has 7 nitrogen and oxygen atoms in total. The van der Waals surface area contributed by atoms with Crippen molar-refractivity contribution in [1.29, 1.82) is 0 Å². The van der Waals surface area contributed by atoms with Gasteiger partial charge in [0.25, 0.3) is 5.91 Å². The van der Waals surface area contributed by atoms with Crippen molar-refractivity contribution in [3.05, 3.63) is 54.6 Å². The summed E-state index contributed by atoms with van der Waals surface area (Å²) in [5.41, 5.74) is -0.0227. The third-order valence-corrected chi connectivity index (χ3v) is 5.83. The number of ether oxygens (including phenoxy) is 1. The van der Waals surface area contributed by atoms with Crippen LogP contribution in [0.25, 0.3) is 0 Å². The number of carbonyl (C=O) groups excluding carboxylic acids is 3. The smallest absolute Gasteiger partial charge is 0.325 e. The first-order valence-electron chi connectivity index (χ1n) is 10.2. The van der Waals surface area contributed by atoms with Gasteiger partial charge in [-0.05, 0) is 49.2 Å². The average Bonchev–Trinajstić information content (AvgIpc) is 3.32. The number of hydrogen-bond donors (Lipinski definition) is 1. The zero-order chi connectivity index (χ0) is 21.1. The van der Waals surface area contributed by atoms with Crippen molar-refractivity contribution in [2.24, 2.45) is 0 Å². The molecule has 1 N–H and O–H groups in total. The lowest BCUT2D eigenvalue weighted by Crippen LogP contribution is -2.44. The molecule has 2 aromatic rings. The first kappa shape index (κ1) is 19.9. The Morgan fingerprint density at radius 1 is 1.03 bits per heavy atom. The van der Waals surface area contributed by atoms with Gasteiger partial charge >= 0.3 is 6.03 Å². The van der Waals surface area contributed by atoms with Gasteiger partial charge in [0.15, 0.2) is 0 Å². The first-order chi connectivity index (χ1) is 14.5. The maximum Gasteiger partial charge on any atom is 0.325 e. The van der Waals surface area contributed by atoms with E-state index in [1.165, 1.54) is 9.80 Å². The fraction of sp³-hybridized carbons (Fsp3) is 0.348. The van der Waals surface area contributed by atoms with Gasteiger partial charge in [-0.2, -0.15) is 0 Å². The Hall–Kier alpha value is -3.35. The molecule has 7 heteroatoms. The third kappa shape index (κ3) is 3.87. The summed E-state index contributed by atoms with van der Waals surface area (Å²) in [5, 5.41) is 2.84. The lowest BCUT2D eigenvalue weighted by atomic mass is 9.98. The Labute approximate surface area is 175 Å². The lowest BCUT2D eigenvalue weighted by molar-refractivity contribution is -0.131. The van der Waals surface area contributed by atoms with E-state index < -0.39 is 5.54 Å². The van der Waals surface area contributed by atoms with Crippen LogP contribution in [0.4, 0.5) is 10.5 Å². The standard InChI is InChI=1S/C23H25N3O4/c1-25(17-9-11-19(12-10-17)30-18-7-3-2-4-8-18)20(27)13-16-26-21(28)23(24-22(26)29)14-5-6-15-23/h2-4,7-12H,5-6,13-16H2,1H3,(H,24,29). The van der Waals surface area contributed by atoms with Crippen LogP contribution in [-0.2, 0) is 9.59 Å². The van der Waals surface area contributed by atoms with Crippen LogP contribution in [0.2, 0.25) is 0 Å². The van der Waals surface area contributed by atoms with Crippen LogP contribution in [-0.4, -0.2) is 41.9 Å². The van der Waals surface area contributed by atoms with Crippen LogP contribution in [0.1, 0.15) is 32.1 Å². The Morgan fingerprint density at radius 2 is 1.67 bits per heavy atom. The molecular formula is C23H25N3O4. The van der Waals surface area contributed by atoms with Crippen molar-refractivity contribution in [2.75, 3.05) is 18.5 Å². The number of para-hydroxylation sites is 1. The molecule has 30 heavy (non-hydrogen) atoms. The van der Waals surface area contributed by atoms with E-state index in [2.05, 4.69) is 5.32 Å². The van der Waals surface area contributed by atoms with E-state index in [0.29, 0.717) is 24.3 Å². The second-order valence-electron chi connectivity index (χ2n) is 7.79. The summed E-state index contributed by atoms with van der Waals surface area (Å²) in [5.74, 6) is 1.05. The fourth-order valence-corrected chi connectivity index (χ4v) is 4.08. The molecule has 1 heterocycles. The molecule has 0 aromatic heterocycles. The van der Waals surface area contributed by atoms with Gasteiger partial charge in [0.05, 0.1) is 0 Å². The van der Waals surface area contributed by atoms with Gasteiger partial charge in [0.1, 0.15) is 17.0 Å². The van der Waals surface area contributed by atoms with Crippen LogP contribution in [0.3, 0.4) is 0 Å². The largest absolute Gasteiger partial charge is 0.457 e. The highest BCUT2D eigenvalue weighted by atomic mass is 16.5. The average molecular weight is 407 g/mol. The number of imide groups is 1. The monoisotopic (exact) mass is 407 g/mol. The van der Waals surface area contributed by atoms with Gasteiger partial charge in [-0.25, -0.2) is 4.79 Å². The van der Waals surface area contributed by atoms with E-state index in [9.17, 15) is 14.4 Å². The van der Waals surface area contributed by atoms with Gasteiger partial charge < -0.3 is 15.0 Å². The topological polar surface area (TPSA) is 79.0 Å². The van der Waals surface area contributed by atoms with E-state index in [-0.39, 0.29) is 30.8 Å². The predicted molar refractivity (Wildman–Crippen MR) is 112 cm³/mol. The van der Waals surface area contributed by atoms with E-state index >= 15 is 0 Å². The Bertz CT molecular complexity index is 937. The molecule has 4 amide bonds. The molecule has 2 aromatic carbocycles. The molecule has 0 bridgehead atoms. The number of amides is 4. The quantitative estimate of drug-likeness (QED) is 0.741. The number of hydrogen-bond acceptors (Lipinski definition) is 4. The SMILES string of the molecule is CN(C(=O)CCN1C(=O)NC2(CCCC2)C1=O)c1ccc(Oc2ccccc2)cc1. The van der Waals surface area contributed by atoms with Crippen LogP contribution in [0.15, 0.2) is 54.6 Å². The van der Waals surface area contributed by atoms with Gasteiger partial charge in [0, 0.05) is 25.7 Å². The zero-order valence-corrected chi connectivity index (χ0v) is 17.0. The van der Waals surface area contributed by atoms with Crippen LogP contribution >= 0.6 is 0 Å². The highest BCUT2D eigenvalue weighted by molar-refractivity contribution is 6.07. The van der Waals surface area contributed by atoms with Crippen molar-refractivity contribution in [2.45, 2.75) is 37.6 Å². The molecule has 1 saturated heterocycles. The zero-order valence-electron chi connectivity index (χ0n) is 17.0. The van der Waals surface area contributed by atoms with E-state index in [0.717, 1.165) is 18.6 Å². The highest BCUT2D eigenvalue weighted by Crippen LogP contribution is 2.35. The minimum absolute atomic E-state index is 0.0774. The number of carbonyl (C=O) groups is 3. The molecule has 2 fully saturated rings. The van der Waals surface area contributed by atoms with Crippen LogP contribution in [0, 0.1) is 0 Å². The number of benzene rings is 2. The molecule has 0 atom stereocenters. The van der Waals surface area contributed by atoms with Crippen LogP contribution < -0.4 is 15.0 Å². The van der Waals surface area contributed by atoms with Crippen molar-refractivity contribution in [1.82, 2.24) is 10.2 Å². The van der Waals surface area contributed by atoms with Crippen molar-refractivity contribution in [3.63, 3.8) is 0 Å². The molecule has 1 aliphatic heterocycles. The van der Waals surface area contributed by atoms with Crippen molar-refractivity contribution >= 4 is 23.5 Å². The third-order valence-electron chi connectivity index (χ3n) is 5.83. The molecule has 4 rings (SSSR count). The number of urea groups is 1. The Kier molecular flexibility index (Phi) is 5.44. The van der Waals surface area contributed by atoms with Gasteiger partial charge in [-0.15, -0.1) is 0 Å². The van der Waals surface area contributed by atoms with Crippen molar-refractivity contribution < 1.29 is 19.1 Å². The molecule has 2 aliphatic rings. The highest BCUT2D eigenvalue weighted by Gasteiger charge is 2.52. The van der Waals surface area contributed by atoms with Crippen molar-refractivity contribution in [3.8, 4) is 11.5 Å². The summed E-state index contributed by atoms with van der Waals surface area (Å²) in [4.78, 5) is 40.3. The maximum atomic E-state index is 12.7. The maximum absolute atomic E-state index is 12.7. The predicted octanol–water partition coefficient (Wildman–Crippen LogP) is 3.70. The Balaban J connectivity index is 1.33. The molecule has 156 valence electrons. The second kappa shape index (κ2) is 8.18. The lowest BCUT2D eigenvalue weighted by Gasteiger charge is -2.21. The van der Waals surface area contributed by atoms with E-state index in [4.69, 9.17) is 4.74 Å². The first-order valence-corrected chi connectivity index (χ1v) is 10.2. The summed E-state index contributed by atoms with van der Waals surface area (Å²) in [6.45, 7) is 0.0881. The van der Waals surface area contributed by atoms with Gasteiger partial charge in [-0.3, -0.25) is 14.5 Å². The summed E-state index contributed by atoms with van der Waals surface area (Å²) in [6, 6.07) is 16.3. The second-order valence-corrected chi connectivity index (χ2v) is 7.79. The number of rotatable bonds is 6. The number of nitrogens with one attached hydrogen (secondary N) is 1.